The molecule has 2 aromatic carbocycles. The Morgan fingerprint density at radius 1 is 1.14 bits per heavy atom. The fraction of sp³-hybridized carbons (Fsp3) is 0.381. The van der Waals surface area contributed by atoms with Gasteiger partial charge >= 0.3 is 12.1 Å². The first-order valence-electron chi connectivity index (χ1n) is 9.36. The molecule has 1 amide bonds. The summed E-state index contributed by atoms with van der Waals surface area (Å²) in [5, 5.41) is 0.886. The molecule has 3 atom stereocenters. The van der Waals surface area contributed by atoms with Crippen LogP contribution in [0, 0.1) is 0 Å². The van der Waals surface area contributed by atoms with Crippen molar-refractivity contribution in [3.8, 4) is 0 Å². The summed E-state index contributed by atoms with van der Waals surface area (Å²) < 4.78 is 39.2. The van der Waals surface area contributed by atoms with Crippen molar-refractivity contribution in [2.24, 2.45) is 0 Å². The zero-order valence-electron chi connectivity index (χ0n) is 15.3. The first-order valence-corrected chi connectivity index (χ1v) is 10.2. The van der Waals surface area contributed by atoms with Crippen LogP contribution in [0.4, 0.5) is 18.9 Å². The lowest BCUT2D eigenvalue weighted by Gasteiger charge is -2.40. The van der Waals surface area contributed by atoms with Crippen LogP contribution in [-0.2, 0) is 4.79 Å². The van der Waals surface area contributed by atoms with Crippen LogP contribution in [-0.4, -0.2) is 24.7 Å². The van der Waals surface area contributed by atoms with Gasteiger partial charge in [-0.15, -0.1) is 0 Å². The van der Waals surface area contributed by atoms with E-state index in [4.69, 9.17) is 0 Å². The van der Waals surface area contributed by atoms with Crippen molar-refractivity contribution in [3.63, 3.8) is 0 Å². The van der Waals surface area contributed by atoms with E-state index in [-0.39, 0.29) is 18.0 Å². The van der Waals surface area contributed by atoms with Crippen molar-refractivity contribution in [2.45, 2.75) is 43.9 Å². The Bertz CT molecular complexity index is 915. The van der Waals surface area contributed by atoms with Crippen LogP contribution in [0.3, 0.4) is 0 Å². The number of hydrogen-bond acceptors (Lipinski definition) is 2. The zero-order valence-corrected chi connectivity index (χ0v) is 16.9. The minimum atomic E-state index is -4.80. The highest BCUT2D eigenvalue weighted by molar-refractivity contribution is 9.10. The largest absolute Gasteiger partial charge is 0.509 e. The summed E-state index contributed by atoms with van der Waals surface area (Å²) in [5.74, 6) is -1.56. The highest BCUT2D eigenvalue weighted by Gasteiger charge is 2.46. The van der Waals surface area contributed by atoms with Crippen molar-refractivity contribution in [1.29, 1.82) is 0 Å². The molecule has 0 saturated carbocycles. The van der Waals surface area contributed by atoms with Gasteiger partial charge in [-0.05, 0) is 34.9 Å². The third-order valence-electron chi connectivity index (χ3n) is 5.90. The van der Waals surface area contributed by atoms with Crippen LogP contribution in [0.5, 0.6) is 0 Å². The predicted molar refractivity (Wildman–Crippen MR) is 104 cm³/mol. The molecule has 0 spiro atoms. The molecule has 3 nitrogen and oxygen atoms in total. The lowest BCUT2D eigenvalue weighted by Crippen LogP contribution is -2.96. The number of amides is 1. The van der Waals surface area contributed by atoms with Gasteiger partial charge in [0.1, 0.15) is 0 Å². The molecule has 2 aliphatic heterocycles. The number of quaternary nitrogens is 1. The van der Waals surface area contributed by atoms with Crippen molar-refractivity contribution >= 4 is 27.5 Å². The molecule has 0 bridgehead atoms. The second-order valence-electron chi connectivity index (χ2n) is 7.58. The number of nitrogens with zero attached hydrogens (tertiary/aromatic N) is 1. The number of halogens is 4. The number of alkyl halides is 3. The lowest BCUT2D eigenvalue weighted by atomic mass is 9.86. The summed E-state index contributed by atoms with van der Waals surface area (Å²) in [5.41, 5.74) is 4.66. The molecule has 0 aliphatic carbocycles. The molecule has 7 heteroatoms. The number of anilines is 1. The molecule has 2 heterocycles. The summed E-state index contributed by atoms with van der Waals surface area (Å²) in [6.45, 7) is 2.78. The van der Waals surface area contributed by atoms with E-state index in [0.717, 1.165) is 21.0 Å². The SMILES string of the molecule is C[C@H]1c2ccccc2[C@@H]2CC([NH2+]C(=O)C(F)(F)F)CCN2c2ccc(Br)cc21. The standard InChI is InChI=1S/C21H20BrF3N2O/c1-12-15-4-2-3-5-16(15)19-11-14(26-20(28)21(23,24)25)8-9-27(19)18-7-6-13(22)10-17(12)18/h2-7,10,12,14,19H,8-9,11H2,1H3,(H,26,28)/p+1/t12-,14?,19-/m0/s1. The van der Waals surface area contributed by atoms with Crippen LogP contribution in [0.25, 0.3) is 0 Å². The number of primary amides is 1. The smallest absolute Gasteiger partial charge is 0.364 e. The molecular formula is C21H21BrF3N2O+. The van der Waals surface area contributed by atoms with E-state index in [2.05, 4.69) is 52.0 Å². The molecule has 148 valence electrons. The summed E-state index contributed by atoms with van der Waals surface area (Å²) in [6, 6.07) is 13.9. The van der Waals surface area contributed by atoms with Gasteiger partial charge in [-0.2, -0.15) is 13.2 Å². The highest BCUT2D eigenvalue weighted by Crippen LogP contribution is 2.46. The minimum Gasteiger partial charge on any atom is -0.364 e. The van der Waals surface area contributed by atoms with Crippen LogP contribution < -0.4 is 10.2 Å². The first-order chi connectivity index (χ1) is 13.3. The first kappa shape index (κ1) is 19.5. The highest BCUT2D eigenvalue weighted by atomic mass is 79.9. The molecule has 0 radical (unpaired) electrons. The van der Waals surface area contributed by atoms with Gasteiger partial charge in [0.2, 0.25) is 0 Å². The van der Waals surface area contributed by atoms with Crippen LogP contribution in [0.2, 0.25) is 0 Å². The monoisotopic (exact) mass is 453 g/mol. The quantitative estimate of drug-likeness (QED) is 0.699. The fourth-order valence-electron chi connectivity index (χ4n) is 4.55. The van der Waals surface area contributed by atoms with Gasteiger partial charge < -0.3 is 4.90 Å². The molecule has 4 rings (SSSR count). The van der Waals surface area contributed by atoms with E-state index in [1.807, 2.05) is 18.2 Å². The maximum atomic E-state index is 12.7. The number of rotatable bonds is 1. The Morgan fingerprint density at radius 3 is 2.57 bits per heavy atom. The Balaban J connectivity index is 1.73. The topological polar surface area (TPSA) is 36.9 Å². The summed E-state index contributed by atoms with van der Waals surface area (Å²) in [6.07, 6.45) is -3.77. The maximum Gasteiger partial charge on any atom is 0.509 e. The fourth-order valence-corrected chi connectivity index (χ4v) is 4.92. The average molecular weight is 454 g/mol. The van der Waals surface area contributed by atoms with Crippen molar-refractivity contribution in [3.05, 3.63) is 63.6 Å². The number of benzene rings is 2. The van der Waals surface area contributed by atoms with E-state index < -0.39 is 12.1 Å². The minimum absolute atomic E-state index is 0.0443. The molecule has 1 saturated heterocycles. The second kappa shape index (κ2) is 7.19. The van der Waals surface area contributed by atoms with E-state index in [0.29, 0.717) is 19.4 Å². The van der Waals surface area contributed by atoms with Crippen molar-refractivity contribution in [2.75, 3.05) is 11.4 Å². The molecule has 2 aliphatic rings. The predicted octanol–water partition coefficient (Wildman–Crippen LogP) is 4.28. The molecule has 1 unspecified atom stereocenters. The number of carbonyl (C=O) groups excluding carboxylic acids is 1. The molecule has 2 N–H and O–H groups in total. The van der Waals surface area contributed by atoms with Gasteiger partial charge in [-0.3, -0.25) is 5.32 Å². The zero-order chi connectivity index (χ0) is 20.1. The normalized spacial score (nSPS) is 24.0. The Labute approximate surface area is 170 Å². The van der Waals surface area contributed by atoms with Gasteiger partial charge in [-0.1, -0.05) is 47.1 Å². The molecule has 0 aromatic heterocycles. The van der Waals surface area contributed by atoms with Crippen LogP contribution in [0.1, 0.15) is 48.4 Å². The molecule has 1 fully saturated rings. The number of carbonyl (C=O) groups is 1. The van der Waals surface area contributed by atoms with Gasteiger partial charge in [0.05, 0.1) is 12.1 Å². The Morgan fingerprint density at radius 2 is 1.86 bits per heavy atom. The van der Waals surface area contributed by atoms with Crippen LogP contribution in [0.15, 0.2) is 46.9 Å². The van der Waals surface area contributed by atoms with Gasteiger partial charge in [0, 0.05) is 35.5 Å². The maximum absolute atomic E-state index is 12.7. The van der Waals surface area contributed by atoms with E-state index in [1.54, 1.807) is 0 Å². The summed E-state index contributed by atoms with van der Waals surface area (Å²) in [4.78, 5) is 13.8. The van der Waals surface area contributed by atoms with Crippen molar-refractivity contribution in [1.82, 2.24) is 0 Å². The molecular weight excluding hydrogens is 433 g/mol. The summed E-state index contributed by atoms with van der Waals surface area (Å²) in [7, 11) is 0. The number of fused-ring (bicyclic) bond motifs is 5. The Kier molecular flexibility index (Phi) is 5.00. The lowest BCUT2D eigenvalue weighted by molar-refractivity contribution is -0.619. The molecule has 2 aromatic rings. The van der Waals surface area contributed by atoms with E-state index in [1.165, 1.54) is 11.1 Å². The van der Waals surface area contributed by atoms with Gasteiger partial charge in [-0.25, -0.2) is 4.79 Å². The van der Waals surface area contributed by atoms with Crippen molar-refractivity contribution < 1.29 is 23.3 Å². The second-order valence-corrected chi connectivity index (χ2v) is 8.49. The summed E-state index contributed by atoms with van der Waals surface area (Å²) >= 11 is 3.56. The Hall–Kier alpha value is -1.86. The third-order valence-corrected chi connectivity index (χ3v) is 6.39. The number of nitrogens with two attached hydrogens (primary N) is 1. The molecule has 28 heavy (non-hydrogen) atoms. The van der Waals surface area contributed by atoms with Gasteiger partial charge in [0.25, 0.3) is 0 Å². The van der Waals surface area contributed by atoms with E-state index in [9.17, 15) is 18.0 Å². The van der Waals surface area contributed by atoms with Gasteiger partial charge in [0.15, 0.2) is 0 Å². The average Bonchev–Trinajstić information content (AvgIpc) is 2.75. The third kappa shape index (κ3) is 3.46. The number of hydrogen-bond donors (Lipinski definition) is 1. The number of piperidine rings is 1. The van der Waals surface area contributed by atoms with Crippen LogP contribution >= 0.6 is 15.9 Å². The van der Waals surface area contributed by atoms with E-state index >= 15 is 0 Å².